The molecule has 1 unspecified atom stereocenters. The number of phenolic OH excluding ortho intramolecular Hbond substituents is 1. The van der Waals surface area contributed by atoms with Crippen LogP contribution in [0, 0.1) is 0 Å². The van der Waals surface area contributed by atoms with Gasteiger partial charge in [0.1, 0.15) is 5.75 Å². The van der Waals surface area contributed by atoms with Crippen molar-refractivity contribution in [2.45, 2.75) is 6.10 Å². The van der Waals surface area contributed by atoms with Gasteiger partial charge in [-0.3, -0.25) is 0 Å². The molecule has 0 saturated heterocycles. The second kappa shape index (κ2) is 4.15. The van der Waals surface area contributed by atoms with Gasteiger partial charge in [-0.1, -0.05) is 23.2 Å². The molecular formula is C8H9Cl2NO2. The second-order valence-corrected chi connectivity index (χ2v) is 3.39. The first-order valence-electron chi connectivity index (χ1n) is 3.62. The highest BCUT2D eigenvalue weighted by Gasteiger charge is 2.14. The SMILES string of the molecule is NCC(O)c1c(Cl)cc(O)cc1Cl. The second-order valence-electron chi connectivity index (χ2n) is 2.57. The van der Waals surface area contributed by atoms with Gasteiger partial charge in [0.05, 0.1) is 16.1 Å². The molecule has 0 spiro atoms. The fourth-order valence-electron chi connectivity index (χ4n) is 1.01. The van der Waals surface area contributed by atoms with Crippen LogP contribution in [0.1, 0.15) is 11.7 Å². The van der Waals surface area contributed by atoms with Crippen LogP contribution in [0.25, 0.3) is 0 Å². The number of phenols is 1. The van der Waals surface area contributed by atoms with Gasteiger partial charge in [-0.05, 0) is 12.1 Å². The van der Waals surface area contributed by atoms with Crippen LogP contribution in [-0.4, -0.2) is 16.8 Å². The molecule has 0 aliphatic carbocycles. The molecule has 5 heteroatoms. The Morgan fingerprint density at radius 2 is 1.77 bits per heavy atom. The van der Waals surface area contributed by atoms with Gasteiger partial charge >= 0.3 is 0 Å². The van der Waals surface area contributed by atoms with E-state index in [1.165, 1.54) is 12.1 Å². The van der Waals surface area contributed by atoms with Gasteiger partial charge in [0.15, 0.2) is 0 Å². The third kappa shape index (κ3) is 2.25. The normalized spacial score (nSPS) is 12.9. The Kier molecular flexibility index (Phi) is 3.39. The van der Waals surface area contributed by atoms with Crippen LogP contribution < -0.4 is 5.73 Å². The quantitative estimate of drug-likeness (QED) is 0.713. The lowest BCUT2D eigenvalue weighted by Crippen LogP contribution is -2.12. The van der Waals surface area contributed by atoms with E-state index in [4.69, 9.17) is 34.0 Å². The van der Waals surface area contributed by atoms with Gasteiger partial charge in [-0.25, -0.2) is 0 Å². The smallest absolute Gasteiger partial charge is 0.118 e. The van der Waals surface area contributed by atoms with Gasteiger partial charge in [-0.2, -0.15) is 0 Å². The summed E-state index contributed by atoms with van der Waals surface area (Å²) in [6, 6.07) is 2.61. The Morgan fingerprint density at radius 3 is 2.15 bits per heavy atom. The number of hydrogen-bond acceptors (Lipinski definition) is 3. The topological polar surface area (TPSA) is 66.5 Å². The predicted octanol–water partition coefficient (Wildman–Crippen LogP) is 1.69. The minimum atomic E-state index is -0.902. The van der Waals surface area contributed by atoms with E-state index >= 15 is 0 Å². The zero-order chi connectivity index (χ0) is 10.0. The van der Waals surface area contributed by atoms with Gasteiger partial charge in [0, 0.05) is 12.1 Å². The summed E-state index contributed by atoms with van der Waals surface area (Å²) in [5.41, 5.74) is 5.60. The van der Waals surface area contributed by atoms with Crippen molar-refractivity contribution in [1.29, 1.82) is 0 Å². The summed E-state index contributed by atoms with van der Waals surface area (Å²) >= 11 is 11.5. The van der Waals surface area contributed by atoms with E-state index in [0.717, 1.165) is 0 Å². The zero-order valence-electron chi connectivity index (χ0n) is 6.67. The molecule has 0 amide bonds. The fraction of sp³-hybridized carbons (Fsp3) is 0.250. The third-order valence-corrected chi connectivity index (χ3v) is 2.25. The molecule has 3 nitrogen and oxygen atoms in total. The van der Waals surface area contributed by atoms with Gasteiger partial charge in [-0.15, -0.1) is 0 Å². The third-order valence-electron chi connectivity index (χ3n) is 1.62. The molecule has 1 rings (SSSR count). The van der Waals surface area contributed by atoms with Crippen molar-refractivity contribution in [1.82, 2.24) is 0 Å². The molecule has 0 saturated carbocycles. The maximum absolute atomic E-state index is 9.41. The van der Waals surface area contributed by atoms with Crippen LogP contribution in [0.2, 0.25) is 10.0 Å². The van der Waals surface area contributed by atoms with Crippen LogP contribution >= 0.6 is 23.2 Å². The largest absolute Gasteiger partial charge is 0.508 e. The summed E-state index contributed by atoms with van der Waals surface area (Å²) in [7, 11) is 0. The van der Waals surface area contributed by atoms with Crippen LogP contribution in [0.3, 0.4) is 0 Å². The molecule has 1 aromatic rings. The van der Waals surface area contributed by atoms with Crippen molar-refractivity contribution in [3.63, 3.8) is 0 Å². The first-order valence-corrected chi connectivity index (χ1v) is 4.38. The van der Waals surface area contributed by atoms with Crippen molar-refractivity contribution in [3.8, 4) is 5.75 Å². The Labute approximate surface area is 85.7 Å². The maximum atomic E-state index is 9.41. The standard InChI is InChI=1S/C8H9Cl2NO2/c9-5-1-4(12)2-6(10)8(5)7(13)3-11/h1-2,7,12-13H,3,11H2. The van der Waals surface area contributed by atoms with Crippen LogP contribution in [0.15, 0.2) is 12.1 Å². The summed E-state index contributed by atoms with van der Waals surface area (Å²) in [5, 5.41) is 18.9. The Bertz CT molecular complexity index is 294. The first-order chi connectivity index (χ1) is 6.06. The van der Waals surface area contributed by atoms with E-state index in [1.54, 1.807) is 0 Å². The molecular weight excluding hydrogens is 213 g/mol. The Morgan fingerprint density at radius 1 is 1.31 bits per heavy atom. The molecule has 0 aromatic heterocycles. The lowest BCUT2D eigenvalue weighted by molar-refractivity contribution is 0.187. The summed E-state index contributed by atoms with van der Waals surface area (Å²) in [5.74, 6) is -0.0389. The number of aromatic hydroxyl groups is 1. The number of hydrogen-bond donors (Lipinski definition) is 3. The molecule has 4 N–H and O–H groups in total. The van der Waals surface area contributed by atoms with Crippen molar-refractivity contribution >= 4 is 23.2 Å². The fourth-order valence-corrected chi connectivity index (χ4v) is 1.73. The summed E-state index contributed by atoms with van der Waals surface area (Å²) in [6.45, 7) is 0.0320. The van der Waals surface area contributed by atoms with E-state index in [2.05, 4.69) is 0 Å². The molecule has 1 atom stereocenters. The average molecular weight is 222 g/mol. The Balaban J connectivity index is 3.20. The Hall–Kier alpha value is -0.480. The number of rotatable bonds is 2. The lowest BCUT2D eigenvalue weighted by atomic mass is 10.1. The van der Waals surface area contributed by atoms with Crippen molar-refractivity contribution in [3.05, 3.63) is 27.7 Å². The number of nitrogens with two attached hydrogens (primary N) is 1. The average Bonchev–Trinajstić information content (AvgIpc) is 2.02. The molecule has 0 heterocycles. The minimum absolute atomic E-state index is 0.0320. The number of aliphatic hydroxyl groups is 1. The van der Waals surface area contributed by atoms with Gasteiger partial charge in [0.25, 0.3) is 0 Å². The van der Waals surface area contributed by atoms with E-state index in [0.29, 0.717) is 5.56 Å². The summed E-state index contributed by atoms with van der Waals surface area (Å²) in [4.78, 5) is 0. The molecule has 0 fully saturated rings. The minimum Gasteiger partial charge on any atom is -0.508 e. The van der Waals surface area contributed by atoms with E-state index in [9.17, 15) is 5.11 Å². The first kappa shape index (κ1) is 10.6. The highest BCUT2D eigenvalue weighted by molar-refractivity contribution is 6.36. The van der Waals surface area contributed by atoms with Crippen molar-refractivity contribution in [2.24, 2.45) is 5.73 Å². The van der Waals surface area contributed by atoms with E-state index in [1.807, 2.05) is 0 Å². The summed E-state index contributed by atoms with van der Waals surface area (Å²) in [6.07, 6.45) is -0.902. The predicted molar refractivity (Wildman–Crippen MR) is 52.1 cm³/mol. The van der Waals surface area contributed by atoms with Gasteiger partial charge < -0.3 is 15.9 Å². The zero-order valence-corrected chi connectivity index (χ0v) is 8.18. The number of benzene rings is 1. The van der Waals surface area contributed by atoms with Crippen molar-refractivity contribution < 1.29 is 10.2 Å². The van der Waals surface area contributed by atoms with Crippen molar-refractivity contribution in [2.75, 3.05) is 6.54 Å². The van der Waals surface area contributed by atoms with Crippen LogP contribution in [0.4, 0.5) is 0 Å². The van der Waals surface area contributed by atoms with E-state index < -0.39 is 6.10 Å². The molecule has 13 heavy (non-hydrogen) atoms. The molecule has 0 radical (unpaired) electrons. The highest BCUT2D eigenvalue weighted by atomic mass is 35.5. The lowest BCUT2D eigenvalue weighted by Gasteiger charge is -2.12. The molecule has 1 aromatic carbocycles. The van der Waals surface area contributed by atoms with Gasteiger partial charge in [0.2, 0.25) is 0 Å². The molecule has 0 bridgehead atoms. The summed E-state index contributed by atoms with van der Waals surface area (Å²) < 4.78 is 0. The highest BCUT2D eigenvalue weighted by Crippen LogP contribution is 2.33. The number of halogens is 2. The molecule has 0 aliphatic heterocycles. The monoisotopic (exact) mass is 221 g/mol. The van der Waals surface area contributed by atoms with Crippen LogP contribution in [-0.2, 0) is 0 Å². The van der Waals surface area contributed by atoms with E-state index in [-0.39, 0.29) is 22.3 Å². The maximum Gasteiger partial charge on any atom is 0.118 e. The van der Waals surface area contributed by atoms with Crippen LogP contribution in [0.5, 0.6) is 5.75 Å². The molecule has 0 aliphatic rings. The number of aliphatic hydroxyl groups excluding tert-OH is 1. The molecule has 72 valence electrons.